The van der Waals surface area contributed by atoms with Crippen molar-refractivity contribution in [3.8, 4) is 0 Å². The van der Waals surface area contributed by atoms with Crippen LogP contribution < -0.4 is 4.90 Å². The molecule has 0 bridgehead atoms. The number of fused-ring (bicyclic) bond motifs is 1. The van der Waals surface area contributed by atoms with Crippen molar-refractivity contribution >= 4 is 35.2 Å². The maximum atomic E-state index is 10.6. The molecule has 84 valence electrons. The van der Waals surface area contributed by atoms with Gasteiger partial charge in [0.05, 0.1) is 0 Å². The Kier molecular flexibility index (Phi) is 3.91. The molecule has 0 saturated heterocycles. The molecule has 16 heavy (non-hydrogen) atoms. The highest BCUT2D eigenvalue weighted by Crippen LogP contribution is 2.21. The van der Waals surface area contributed by atoms with Gasteiger partial charge in [-0.3, -0.25) is 4.79 Å². The van der Waals surface area contributed by atoms with E-state index in [2.05, 4.69) is 17.0 Å². The lowest BCUT2D eigenvalue weighted by Crippen LogP contribution is -2.07. The molecule has 2 rings (SSSR count). The molecule has 0 heterocycles. The molecular weight excluding hydrogens is 222 g/mol. The quantitative estimate of drug-likeness (QED) is 0.746. The molecule has 2 aromatic rings. The number of anilines is 1. The Morgan fingerprint density at radius 2 is 1.62 bits per heavy atom. The minimum Gasteiger partial charge on any atom is -0.378 e. The first kappa shape index (κ1) is 12.5. The molecule has 0 unspecified atom stereocenters. The van der Waals surface area contributed by atoms with Crippen LogP contribution in [0.25, 0.3) is 10.8 Å². The van der Waals surface area contributed by atoms with Gasteiger partial charge in [0.2, 0.25) is 0 Å². The molecule has 0 aromatic heterocycles. The lowest BCUT2D eigenvalue weighted by atomic mass is 10.1. The smallest absolute Gasteiger partial charge is 0.150 e. The molecule has 0 radical (unpaired) electrons. The Morgan fingerprint density at radius 3 is 2.25 bits per heavy atom. The van der Waals surface area contributed by atoms with E-state index in [-0.39, 0.29) is 12.4 Å². The van der Waals surface area contributed by atoms with Crippen LogP contribution in [0.2, 0.25) is 0 Å². The van der Waals surface area contributed by atoms with E-state index >= 15 is 0 Å². The maximum Gasteiger partial charge on any atom is 0.150 e. The van der Waals surface area contributed by atoms with Gasteiger partial charge in [-0.25, -0.2) is 0 Å². The largest absolute Gasteiger partial charge is 0.378 e. The van der Waals surface area contributed by atoms with Crippen molar-refractivity contribution in [3.63, 3.8) is 0 Å². The molecule has 0 aliphatic heterocycles. The third-order valence-electron chi connectivity index (χ3n) is 2.50. The van der Waals surface area contributed by atoms with Crippen LogP contribution in [0, 0.1) is 0 Å². The van der Waals surface area contributed by atoms with Crippen LogP contribution in [0.1, 0.15) is 10.4 Å². The van der Waals surface area contributed by atoms with Gasteiger partial charge in [-0.15, -0.1) is 12.4 Å². The maximum absolute atomic E-state index is 10.6. The molecule has 0 fully saturated rings. The standard InChI is InChI=1S/C13H13NO.ClH/c1-14(2)13-6-5-11-7-10(9-15)3-4-12(11)8-13;/h3-9H,1-2H3;1H. The van der Waals surface area contributed by atoms with E-state index < -0.39 is 0 Å². The second kappa shape index (κ2) is 4.99. The van der Waals surface area contributed by atoms with E-state index in [4.69, 9.17) is 0 Å². The lowest BCUT2D eigenvalue weighted by Gasteiger charge is -2.12. The van der Waals surface area contributed by atoms with Crippen LogP contribution in [0.4, 0.5) is 5.69 Å². The number of aldehydes is 1. The van der Waals surface area contributed by atoms with Gasteiger partial charge < -0.3 is 4.90 Å². The summed E-state index contributed by atoms with van der Waals surface area (Å²) >= 11 is 0. The van der Waals surface area contributed by atoms with Crippen LogP contribution in [-0.4, -0.2) is 20.4 Å². The average molecular weight is 236 g/mol. The van der Waals surface area contributed by atoms with E-state index in [9.17, 15) is 4.79 Å². The van der Waals surface area contributed by atoms with Gasteiger partial charge in [0, 0.05) is 25.3 Å². The number of halogens is 1. The number of hydrogen-bond donors (Lipinski definition) is 0. The van der Waals surface area contributed by atoms with Crippen LogP contribution in [0.5, 0.6) is 0 Å². The summed E-state index contributed by atoms with van der Waals surface area (Å²) < 4.78 is 0. The van der Waals surface area contributed by atoms with Gasteiger partial charge in [0.15, 0.2) is 0 Å². The zero-order valence-corrected chi connectivity index (χ0v) is 10.1. The van der Waals surface area contributed by atoms with Crippen molar-refractivity contribution < 1.29 is 4.79 Å². The van der Waals surface area contributed by atoms with E-state index in [0.29, 0.717) is 0 Å². The fourth-order valence-corrected chi connectivity index (χ4v) is 1.60. The van der Waals surface area contributed by atoms with Gasteiger partial charge in [-0.2, -0.15) is 0 Å². The van der Waals surface area contributed by atoms with Crippen molar-refractivity contribution in [3.05, 3.63) is 42.0 Å². The second-order valence-corrected chi connectivity index (χ2v) is 3.80. The summed E-state index contributed by atoms with van der Waals surface area (Å²) in [7, 11) is 4.03. The van der Waals surface area contributed by atoms with Gasteiger partial charge >= 0.3 is 0 Å². The number of rotatable bonds is 2. The highest BCUT2D eigenvalue weighted by Gasteiger charge is 1.99. The number of hydrogen-bond acceptors (Lipinski definition) is 2. The molecule has 2 aromatic carbocycles. The molecule has 0 amide bonds. The Morgan fingerprint density at radius 1 is 1.00 bits per heavy atom. The molecule has 0 spiro atoms. The lowest BCUT2D eigenvalue weighted by molar-refractivity contribution is 0.112. The molecule has 0 N–H and O–H groups in total. The molecule has 0 atom stereocenters. The summed E-state index contributed by atoms with van der Waals surface area (Å²) in [6, 6.07) is 11.9. The number of carbonyl (C=O) groups excluding carboxylic acids is 1. The number of benzene rings is 2. The topological polar surface area (TPSA) is 20.3 Å². The summed E-state index contributed by atoms with van der Waals surface area (Å²) in [5.41, 5.74) is 1.89. The Labute approximate surface area is 101 Å². The minimum absolute atomic E-state index is 0. The minimum atomic E-state index is 0. The van der Waals surface area contributed by atoms with E-state index in [1.807, 2.05) is 38.4 Å². The summed E-state index contributed by atoms with van der Waals surface area (Å²) in [6.45, 7) is 0. The predicted octanol–water partition coefficient (Wildman–Crippen LogP) is 3.14. The second-order valence-electron chi connectivity index (χ2n) is 3.80. The summed E-state index contributed by atoms with van der Waals surface area (Å²) in [5, 5.41) is 2.26. The monoisotopic (exact) mass is 235 g/mol. The number of carbonyl (C=O) groups is 1. The number of nitrogens with zero attached hydrogens (tertiary/aromatic N) is 1. The molecule has 0 aliphatic rings. The van der Waals surface area contributed by atoms with Crippen LogP contribution >= 0.6 is 12.4 Å². The zero-order chi connectivity index (χ0) is 10.8. The molecule has 0 aliphatic carbocycles. The highest BCUT2D eigenvalue weighted by atomic mass is 35.5. The van der Waals surface area contributed by atoms with Crippen molar-refractivity contribution in [2.75, 3.05) is 19.0 Å². The fourth-order valence-electron chi connectivity index (χ4n) is 1.60. The summed E-state index contributed by atoms with van der Waals surface area (Å²) in [4.78, 5) is 12.7. The summed E-state index contributed by atoms with van der Waals surface area (Å²) in [5.74, 6) is 0. The third-order valence-corrected chi connectivity index (χ3v) is 2.50. The van der Waals surface area contributed by atoms with E-state index in [1.54, 1.807) is 0 Å². The van der Waals surface area contributed by atoms with Gasteiger partial charge in [-0.05, 0) is 29.0 Å². The normalized spacial score (nSPS) is 9.62. The first-order valence-corrected chi connectivity index (χ1v) is 4.87. The molecule has 2 nitrogen and oxygen atoms in total. The first-order valence-electron chi connectivity index (χ1n) is 4.87. The van der Waals surface area contributed by atoms with Crippen molar-refractivity contribution in [2.45, 2.75) is 0 Å². The third kappa shape index (κ3) is 2.34. The van der Waals surface area contributed by atoms with E-state index in [1.165, 1.54) is 5.69 Å². The van der Waals surface area contributed by atoms with Crippen LogP contribution in [0.3, 0.4) is 0 Å². The van der Waals surface area contributed by atoms with Crippen LogP contribution in [0.15, 0.2) is 36.4 Å². The fraction of sp³-hybridized carbons (Fsp3) is 0.154. The van der Waals surface area contributed by atoms with E-state index in [0.717, 1.165) is 22.6 Å². The SMILES string of the molecule is CN(C)c1ccc2cc(C=O)ccc2c1.Cl. The Hall–Kier alpha value is -1.54. The Bertz CT molecular complexity index is 508. The first-order chi connectivity index (χ1) is 7.20. The highest BCUT2D eigenvalue weighted by molar-refractivity contribution is 5.90. The van der Waals surface area contributed by atoms with Gasteiger partial charge in [0.25, 0.3) is 0 Å². The Balaban J connectivity index is 0.00000128. The van der Waals surface area contributed by atoms with Crippen LogP contribution in [-0.2, 0) is 0 Å². The van der Waals surface area contributed by atoms with Gasteiger partial charge in [0.1, 0.15) is 6.29 Å². The average Bonchev–Trinajstić information content (AvgIpc) is 2.27. The molecule has 0 saturated carbocycles. The van der Waals surface area contributed by atoms with Crippen molar-refractivity contribution in [1.82, 2.24) is 0 Å². The molecular formula is C13H14ClNO. The van der Waals surface area contributed by atoms with Gasteiger partial charge in [-0.1, -0.05) is 18.2 Å². The van der Waals surface area contributed by atoms with Crippen molar-refractivity contribution in [2.24, 2.45) is 0 Å². The molecule has 3 heteroatoms. The summed E-state index contributed by atoms with van der Waals surface area (Å²) in [6.07, 6.45) is 0.874. The predicted molar refractivity (Wildman–Crippen MR) is 70.9 cm³/mol. The van der Waals surface area contributed by atoms with Crippen molar-refractivity contribution in [1.29, 1.82) is 0 Å². The zero-order valence-electron chi connectivity index (χ0n) is 9.31.